The summed E-state index contributed by atoms with van der Waals surface area (Å²) in [7, 11) is 0. The fraction of sp³-hybridized carbons (Fsp3) is 0.600. The van der Waals surface area contributed by atoms with Crippen molar-refractivity contribution in [3.05, 3.63) is 29.3 Å². The van der Waals surface area contributed by atoms with Crippen LogP contribution in [0.2, 0.25) is 0 Å². The maximum absolute atomic E-state index is 10.4. The van der Waals surface area contributed by atoms with Crippen molar-refractivity contribution < 1.29 is 14.6 Å². The van der Waals surface area contributed by atoms with Crippen molar-refractivity contribution in [1.82, 2.24) is 0 Å². The van der Waals surface area contributed by atoms with Gasteiger partial charge in [-0.15, -0.1) is 0 Å². The van der Waals surface area contributed by atoms with Crippen LogP contribution >= 0.6 is 0 Å². The molecule has 2 unspecified atom stereocenters. The topological polar surface area (TPSA) is 38.7 Å². The Hall–Kier alpha value is -1.06. The molecule has 1 N–H and O–H groups in total. The maximum Gasteiger partial charge on any atom is 0.128 e. The average molecular weight is 248 g/mol. The van der Waals surface area contributed by atoms with Gasteiger partial charge in [-0.05, 0) is 37.2 Å². The molecular formula is C15H20O3. The number of hydrogen-bond donors (Lipinski definition) is 1. The highest BCUT2D eigenvalue weighted by molar-refractivity contribution is 5.44. The third-order valence-electron chi connectivity index (χ3n) is 3.90. The number of aliphatic hydroxyl groups is 1. The Kier molecular flexibility index (Phi) is 3.52. The van der Waals surface area contributed by atoms with E-state index >= 15 is 0 Å². The lowest BCUT2D eigenvalue weighted by Crippen LogP contribution is -2.14. The second-order valence-electron chi connectivity index (χ2n) is 5.27. The molecule has 98 valence electrons. The Labute approximate surface area is 108 Å². The Morgan fingerprint density at radius 3 is 3.11 bits per heavy atom. The van der Waals surface area contributed by atoms with Crippen LogP contribution in [-0.4, -0.2) is 24.9 Å². The van der Waals surface area contributed by atoms with E-state index in [-0.39, 0.29) is 0 Å². The summed E-state index contributed by atoms with van der Waals surface area (Å²) in [4.78, 5) is 0. The van der Waals surface area contributed by atoms with Crippen LogP contribution in [0.1, 0.15) is 36.5 Å². The minimum absolute atomic E-state index is 0.426. The van der Waals surface area contributed by atoms with Gasteiger partial charge in [0.15, 0.2) is 0 Å². The summed E-state index contributed by atoms with van der Waals surface area (Å²) >= 11 is 0. The van der Waals surface area contributed by atoms with E-state index in [1.165, 1.54) is 5.56 Å². The largest absolute Gasteiger partial charge is 0.493 e. The van der Waals surface area contributed by atoms with Crippen molar-refractivity contribution in [2.75, 3.05) is 19.8 Å². The van der Waals surface area contributed by atoms with E-state index in [2.05, 4.69) is 6.07 Å². The van der Waals surface area contributed by atoms with E-state index < -0.39 is 6.10 Å². The number of fused-ring (bicyclic) bond motifs is 1. The first kappa shape index (κ1) is 12.0. The number of benzene rings is 1. The fourth-order valence-electron chi connectivity index (χ4n) is 2.89. The number of para-hydroxylation sites is 1. The molecule has 2 aliphatic heterocycles. The van der Waals surface area contributed by atoms with E-state index in [4.69, 9.17) is 9.47 Å². The molecule has 0 amide bonds. The van der Waals surface area contributed by atoms with E-state index in [1.54, 1.807) is 0 Å². The molecule has 0 radical (unpaired) electrons. The van der Waals surface area contributed by atoms with Gasteiger partial charge in [0, 0.05) is 18.8 Å². The van der Waals surface area contributed by atoms with Crippen LogP contribution in [0.15, 0.2) is 18.2 Å². The van der Waals surface area contributed by atoms with Crippen molar-refractivity contribution >= 4 is 0 Å². The molecular weight excluding hydrogens is 228 g/mol. The Balaban J connectivity index is 1.78. The third kappa shape index (κ3) is 2.38. The molecule has 0 bridgehead atoms. The Morgan fingerprint density at radius 1 is 1.33 bits per heavy atom. The summed E-state index contributed by atoms with van der Waals surface area (Å²) in [5, 5.41) is 10.4. The van der Waals surface area contributed by atoms with Crippen molar-refractivity contribution in [1.29, 1.82) is 0 Å². The molecule has 1 fully saturated rings. The first-order chi connectivity index (χ1) is 8.84. The number of ether oxygens (including phenoxy) is 2. The summed E-state index contributed by atoms with van der Waals surface area (Å²) in [5.41, 5.74) is 2.19. The average Bonchev–Trinajstić information content (AvgIpc) is 2.91. The molecule has 0 spiro atoms. The zero-order valence-corrected chi connectivity index (χ0v) is 10.6. The van der Waals surface area contributed by atoms with Crippen LogP contribution in [-0.2, 0) is 11.2 Å². The van der Waals surface area contributed by atoms with Gasteiger partial charge in [-0.3, -0.25) is 0 Å². The number of aliphatic hydroxyl groups excluding tert-OH is 1. The summed E-state index contributed by atoms with van der Waals surface area (Å²) in [6, 6.07) is 6.12. The van der Waals surface area contributed by atoms with Crippen molar-refractivity contribution in [3.8, 4) is 5.75 Å². The molecule has 3 nitrogen and oxygen atoms in total. The molecule has 2 aliphatic rings. The molecule has 2 heterocycles. The lowest BCUT2D eigenvalue weighted by molar-refractivity contribution is 0.125. The molecule has 0 saturated carbocycles. The van der Waals surface area contributed by atoms with Crippen LogP contribution in [0, 0.1) is 5.92 Å². The second-order valence-corrected chi connectivity index (χ2v) is 5.27. The zero-order valence-electron chi connectivity index (χ0n) is 10.6. The van der Waals surface area contributed by atoms with Gasteiger partial charge in [-0.2, -0.15) is 0 Å². The fourth-order valence-corrected chi connectivity index (χ4v) is 2.89. The molecule has 0 aromatic heterocycles. The van der Waals surface area contributed by atoms with Crippen LogP contribution in [0.5, 0.6) is 5.75 Å². The third-order valence-corrected chi connectivity index (χ3v) is 3.90. The highest BCUT2D eigenvalue weighted by Crippen LogP contribution is 2.36. The number of hydrogen-bond acceptors (Lipinski definition) is 3. The van der Waals surface area contributed by atoms with Crippen LogP contribution < -0.4 is 4.74 Å². The predicted molar refractivity (Wildman–Crippen MR) is 68.8 cm³/mol. The van der Waals surface area contributed by atoms with E-state index in [1.807, 2.05) is 12.1 Å². The van der Waals surface area contributed by atoms with Crippen LogP contribution in [0.3, 0.4) is 0 Å². The van der Waals surface area contributed by atoms with E-state index in [9.17, 15) is 5.11 Å². The summed E-state index contributed by atoms with van der Waals surface area (Å²) in [6.45, 7) is 2.39. The standard InChI is InChI=1S/C15H20O3/c16-14(9-11-6-8-17-10-11)13-5-1-3-12-4-2-7-18-15(12)13/h1,3,5,11,14,16H,2,4,6-10H2. The lowest BCUT2D eigenvalue weighted by Gasteiger charge is -2.23. The smallest absolute Gasteiger partial charge is 0.128 e. The van der Waals surface area contributed by atoms with E-state index in [0.29, 0.717) is 5.92 Å². The minimum atomic E-state index is -0.426. The van der Waals surface area contributed by atoms with Crippen LogP contribution in [0.25, 0.3) is 0 Å². The van der Waals surface area contributed by atoms with Gasteiger partial charge in [-0.1, -0.05) is 18.2 Å². The van der Waals surface area contributed by atoms with Gasteiger partial charge >= 0.3 is 0 Å². The van der Waals surface area contributed by atoms with Gasteiger partial charge < -0.3 is 14.6 Å². The summed E-state index contributed by atoms with van der Waals surface area (Å²) < 4.78 is 11.1. The van der Waals surface area contributed by atoms with Gasteiger partial charge in [0.1, 0.15) is 5.75 Å². The summed E-state index contributed by atoms with van der Waals surface area (Å²) in [6.07, 6.45) is 3.54. The van der Waals surface area contributed by atoms with Gasteiger partial charge in [0.2, 0.25) is 0 Å². The highest BCUT2D eigenvalue weighted by atomic mass is 16.5. The molecule has 2 atom stereocenters. The monoisotopic (exact) mass is 248 g/mol. The summed E-state index contributed by atoms with van der Waals surface area (Å²) in [5.74, 6) is 1.41. The maximum atomic E-state index is 10.4. The molecule has 1 saturated heterocycles. The van der Waals surface area contributed by atoms with Gasteiger partial charge in [0.05, 0.1) is 12.7 Å². The number of aryl methyl sites for hydroxylation is 1. The minimum Gasteiger partial charge on any atom is -0.493 e. The first-order valence-corrected chi connectivity index (χ1v) is 6.85. The lowest BCUT2D eigenvalue weighted by atomic mass is 9.93. The molecule has 1 aromatic carbocycles. The predicted octanol–water partition coefficient (Wildman–Crippen LogP) is 2.47. The van der Waals surface area contributed by atoms with Gasteiger partial charge in [-0.25, -0.2) is 0 Å². The Morgan fingerprint density at radius 2 is 2.28 bits per heavy atom. The van der Waals surface area contributed by atoms with Crippen molar-refractivity contribution in [2.45, 2.75) is 31.8 Å². The van der Waals surface area contributed by atoms with Crippen molar-refractivity contribution in [2.24, 2.45) is 5.92 Å². The first-order valence-electron chi connectivity index (χ1n) is 6.85. The second kappa shape index (κ2) is 5.29. The van der Waals surface area contributed by atoms with Crippen LogP contribution in [0.4, 0.5) is 0 Å². The van der Waals surface area contributed by atoms with Crippen molar-refractivity contribution in [3.63, 3.8) is 0 Å². The highest BCUT2D eigenvalue weighted by Gasteiger charge is 2.24. The van der Waals surface area contributed by atoms with Gasteiger partial charge in [0.25, 0.3) is 0 Å². The molecule has 18 heavy (non-hydrogen) atoms. The molecule has 1 aromatic rings. The normalized spacial score (nSPS) is 24.4. The molecule has 3 heteroatoms. The van der Waals surface area contributed by atoms with E-state index in [0.717, 1.165) is 56.8 Å². The molecule has 0 aliphatic carbocycles. The SMILES string of the molecule is OC(CC1CCOC1)c1cccc2c1OCCC2. The quantitative estimate of drug-likeness (QED) is 0.893. The zero-order chi connectivity index (χ0) is 12.4. The molecule has 3 rings (SSSR count). The Bertz CT molecular complexity index is 410. The number of rotatable bonds is 3.